The van der Waals surface area contributed by atoms with E-state index >= 15 is 0 Å². The van der Waals surface area contributed by atoms with Crippen molar-refractivity contribution in [3.8, 4) is 0 Å². The van der Waals surface area contributed by atoms with Crippen molar-refractivity contribution in [3.63, 3.8) is 0 Å². The Balaban J connectivity index is 1.44. The third-order valence-electron chi connectivity index (χ3n) is 5.49. The summed E-state index contributed by atoms with van der Waals surface area (Å²) in [6, 6.07) is 26.5. The van der Waals surface area contributed by atoms with Gasteiger partial charge in [0.2, 0.25) is 0 Å². The number of rotatable bonds is 9. The highest BCUT2D eigenvalue weighted by atomic mass is 16.7. The molecule has 0 spiro atoms. The Hall–Kier alpha value is -3.03. The molecule has 1 aliphatic rings. The van der Waals surface area contributed by atoms with Crippen LogP contribution in [0.2, 0.25) is 0 Å². The van der Waals surface area contributed by atoms with Crippen LogP contribution in [0.25, 0.3) is 0 Å². The van der Waals surface area contributed by atoms with Gasteiger partial charge in [0.05, 0.1) is 25.4 Å². The lowest BCUT2D eigenvalue weighted by atomic mass is 10.1. The molecule has 0 radical (unpaired) electrons. The molecule has 3 aromatic carbocycles. The van der Waals surface area contributed by atoms with Crippen LogP contribution in [-0.2, 0) is 32.2 Å². The minimum atomic E-state index is -1.31. The monoisotopic (exact) mass is 448 g/mol. The fourth-order valence-electron chi connectivity index (χ4n) is 3.68. The highest BCUT2D eigenvalue weighted by Gasteiger charge is 2.47. The zero-order valence-electron chi connectivity index (χ0n) is 18.5. The quantitative estimate of drug-likeness (QED) is 0.498. The standard InChI is InChI=1S/C27H28O6/c1-19-12-14-22(15-13-19)26(28)33-25-24(31-17-21-10-6-3-7-11-21)23(32-27(25)29)18-30-16-20-8-4-2-5-9-20/h2-15,23-25,27,29H,16-18H2,1H3/t23-,24+,25-,27?/m0/s1. The van der Waals surface area contributed by atoms with Crippen molar-refractivity contribution in [2.75, 3.05) is 6.61 Å². The smallest absolute Gasteiger partial charge is 0.338 e. The molecule has 3 aromatic rings. The van der Waals surface area contributed by atoms with E-state index in [0.717, 1.165) is 16.7 Å². The predicted molar refractivity (Wildman–Crippen MR) is 122 cm³/mol. The number of esters is 1. The van der Waals surface area contributed by atoms with E-state index in [-0.39, 0.29) is 13.2 Å². The SMILES string of the molecule is Cc1ccc(C(=O)O[C@@H]2C(O)O[C@@H](COCc3ccccc3)[C@H]2OCc2ccccc2)cc1. The number of aryl methyl sites for hydroxylation is 1. The van der Waals surface area contributed by atoms with Gasteiger partial charge in [0.25, 0.3) is 0 Å². The van der Waals surface area contributed by atoms with E-state index < -0.39 is 30.6 Å². The molecule has 0 bridgehead atoms. The predicted octanol–water partition coefficient (Wildman–Crippen LogP) is 4.04. The highest BCUT2D eigenvalue weighted by molar-refractivity contribution is 5.89. The molecule has 0 aromatic heterocycles. The van der Waals surface area contributed by atoms with Crippen molar-refractivity contribution in [2.24, 2.45) is 0 Å². The van der Waals surface area contributed by atoms with E-state index in [1.54, 1.807) is 12.1 Å². The van der Waals surface area contributed by atoms with Crippen molar-refractivity contribution in [1.82, 2.24) is 0 Å². The lowest BCUT2D eigenvalue weighted by molar-refractivity contribution is -0.139. The van der Waals surface area contributed by atoms with Gasteiger partial charge in [0, 0.05) is 0 Å². The summed E-state index contributed by atoms with van der Waals surface area (Å²) in [7, 11) is 0. The van der Waals surface area contributed by atoms with Crippen molar-refractivity contribution in [1.29, 1.82) is 0 Å². The lowest BCUT2D eigenvalue weighted by Crippen LogP contribution is -2.40. The van der Waals surface area contributed by atoms with Crippen LogP contribution in [0.5, 0.6) is 0 Å². The fourth-order valence-corrected chi connectivity index (χ4v) is 3.68. The Bertz CT molecular complexity index is 1010. The molecule has 6 heteroatoms. The molecule has 0 aliphatic carbocycles. The highest BCUT2D eigenvalue weighted by Crippen LogP contribution is 2.28. The average molecular weight is 449 g/mol. The van der Waals surface area contributed by atoms with Gasteiger partial charge >= 0.3 is 5.97 Å². The molecule has 1 heterocycles. The van der Waals surface area contributed by atoms with E-state index in [1.165, 1.54) is 0 Å². The maximum Gasteiger partial charge on any atom is 0.338 e. The van der Waals surface area contributed by atoms with Gasteiger partial charge in [-0.25, -0.2) is 4.79 Å². The summed E-state index contributed by atoms with van der Waals surface area (Å²) in [5.41, 5.74) is 3.43. The zero-order chi connectivity index (χ0) is 23.0. The van der Waals surface area contributed by atoms with E-state index in [4.69, 9.17) is 18.9 Å². The number of ether oxygens (including phenoxy) is 4. The molecule has 0 saturated carbocycles. The summed E-state index contributed by atoms with van der Waals surface area (Å²) in [5.74, 6) is -0.540. The zero-order valence-corrected chi connectivity index (χ0v) is 18.5. The number of carbonyl (C=O) groups is 1. The maximum atomic E-state index is 12.7. The minimum absolute atomic E-state index is 0.185. The lowest BCUT2D eigenvalue weighted by Gasteiger charge is -2.23. The van der Waals surface area contributed by atoms with E-state index in [9.17, 15) is 9.90 Å². The molecule has 4 atom stereocenters. The molecule has 1 aliphatic heterocycles. The van der Waals surface area contributed by atoms with Gasteiger partial charge in [-0.15, -0.1) is 0 Å². The normalized spacial score (nSPS) is 22.2. The number of aliphatic hydroxyl groups excluding tert-OH is 1. The molecule has 4 rings (SSSR count). The number of hydrogen-bond acceptors (Lipinski definition) is 6. The van der Waals surface area contributed by atoms with Gasteiger partial charge in [-0.2, -0.15) is 0 Å². The van der Waals surface area contributed by atoms with Crippen LogP contribution < -0.4 is 0 Å². The van der Waals surface area contributed by atoms with Gasteiger partial charge in [-0.05, 0) is 30.2 Å². The van der Waals surface area contributed by atoms with Crippen LogP contribution >= 0.6 is 0 Å². The Morgan fingerprint density at radius 1 is 0.848 bits per heavy atom. The molecule has 1 N–H and O–H groups in total. The van der Waals surface area contributed by atoms with E-state index in [1.807, 2.05) is 79.7 Å². The average Bonchev–Trinajstić information content (AvgIpc) is 3.13. The third kappa shape index (κ3) is 6.27. The van der Waals surface area contributed by atoms with E-state index in [2.05, 4.69) is 0 Å². The molecule has 172 valence electrons. The Morgan fingerprint density at radius 3 is 2.09 bits per heavy atom. The van der Waals surface area contributed by atoms with Crippen LogP contribution in [0, 0.1) is 6.92 Å². The number of benzene rings is 3. The first-order chi connectivity index (χ1) is 16.1. The van der Waals surface area contributed by atoms with Gasteiger partial charge in [0.1, 0.15) is 12.2 Å². The summed E-state index contributed by atoms with van der Waals surface area (Å²) >= 11 is 0. The minimum Gasteiger partial charge on any atom is -0.450 e. The summed E-state index contributed by atoms with van der Waals surface area (Å²) in [6.07, 6.45) is -3.58. The topological polar surface area (TPSA) is 74.2 Å². The summed E-state index contributed by atoms with van der Waals surface area (Å²) in [4.78, 5) is 12.7. The van der Waals surface area contributed by atoms with Gasteiger partial charge in [-0.1, -0.05) is 78.4 Å². The van der Waals surface area contributed by atoms with Gasteiger partial charge in [-0.3, -0.25) is 0 Å². The summed E-state index contributed by atoms with van der Waals surface area (Å²) in [5, 5.41) is 10.5. The first-order valence-corrected chi connectivity index (χ1v) is 11.0. The molecular weight excluding hydrogens is 420 g/mol. The number of hydrogen-bond donors (Lipinski definition) is 1. The number of carbonyl (C=O) groups excluding carboxylic acids is 1. The van der Waals surface area contributed by atoms with Crippen molar-refractivity contribution < 1.29 is 28.8 Å². The van der Waals surface area contributed by atoms with Crippen LogP contribution in [-0.4, -0.2) is 42.3 Å². The summed E-state index contributed by atoms with van der Waals surface area (Å²) < 4.78 is 23.3. The second-order valence-corrected chi connectivity index (χ2v) is 8.06. The van der Waals surface area contributed by atoms with Crippen molar-refractivity contribution in [2.45, 2.75) is 44.7 Å². The molecule has 6 nitrogen and oxygen atoms in total. The molecular formula is C27H28O6. The van der Waals surface area contributed by atoms with Crippen molar-refractivity contribution in [3.05, 3.63) is 107 Å². The maximum absolute atomic E-state index is 12.7. The first kappa shape index (κ1) is 23.1. The van der Waals surface area contributed by atoms with Crippen LogP contribution in [0.3, 0.4) is 0 Å². The molecule has 1 saturated heterocycles. The molecule has 1 fully saturated rings. The number of aliphatic hydroxyl groups is 1. The first-order valence-electron chi connectivity index (χ1n) is 11.0. The third-order valence-corrected chi connectivity index (χ3v) is 5.49. The molecule has 33 heavy (non-hydrogen) atoms. The second kappa shape index (κ2) is 11.2. The second-order valence-electron chi connectivity index (χ2n) is 8.06. The van der Waals surface area contributed by atoms with Crippen LogP contribution in [0.1, 0.15) is 27.0 Å². The largest absolute Gasteiger partial charge is 0.450 e. The summed E-state index contributed by atoms with van der Waals surface area (Å²) in [6.45, 7) is 2.81. The van der Waals surface area contributed by atoms with Crippen LogP contribution in [0.15, 0.2) is 84.9 Å². The Labute approximate surface area is 193 Å². The Kier molecular flexibility index (Phi) is 7.86. The fraction of sp³-hybridized carbons (Fsp3) is 0.296. The molecule has 0 amide bonds. The van der Waals surface area contributed by atoms with Crippen LogP contribution in [0.4, 0.5) is 0 Å². The Morgan fingerprint density at radius 2 is 1.45 bits per heavy atom. The van der Waals surface area contributed by atoms with Gasteiger partial charge in [0.15, 0.2) is 12.4 Å². The van der Waals surface area contributed by atoms with Gasteiger partial charge < -0.3 is 24.1 Å². The van der Waals surface area contributed by atoms with E-state index in [0.29, 0.717) is 12.2 Å². The molecule has 1 unspecified atom stereocenters. The van der Waals surface area contributed by atoms with Crippen molar-refractivity contribution >= 4 is 5.97 Å².